The van der Waals surface area contributed by atoms with Gasteiger partial charge in [-0.2, -0.15) is 0 Å². The second kappa shape index (κ2) is 10.2. The summed E-state index contributed by atoms with van der Waals surface area (Å²) in [5, 5.41) is 6.89. The number of rotatable bonds is 10. The molecule has 178 valence electrons. The molecule has 0 bridgehead atoms. The first-order valence-electron chi connectivity index (χ1n) is 12.1. The van der Waals surface area contributed by atoms with Gasteiger partial charge in [-0.05, 0) is 74.4 Å². The first-order valence-corrected chi connectivity index (χ1v) is 12.1. The van der Waals surface area contributed by atoms with E-state index in [-0.39, 0.29) is 25.0 Å². The lowest BCUT2D eigenvalue weighted by Crippen LogP contribution is -2.30. The lowest BCUT2D eigenvalue weighted by atomic mass is 9.96. The van der Waals surface area contributed by atoms with Crippen LogP contribution in [0, 0.1) is 0 Å². The molecule has 0 saturated heterocycles. The minimum atomic E-state index is -0.157. The molecule has 0 radical (unpaired) electrons. The lowest BCUT2D eigenvalue weighted by Gasteiger charge is -2.10. The fraction of sp³-hybridized carbons (Fsp3) is 0.407. The van der Waals surface area contributed by atoms with E-state index in [4.69, 9.17) is 13.9 Å². The van der Waals surface area contributed by atoms with Crippen LogP contribution in [0.25, 0.3) is 11.0 Å². The lowest BCUT2D eigenvalue weighted by molar-refractivity contribution is -0.123. The predicted octanol–water partition coefficient (Wildman–Crippen LogP) is 3.71. The topological polar surface area (TPSA) is 89.8 Å². The summed E-state index contributed by atoms with van der Waals surface area (Å²) in [6, 6.07) is 13.7. The van der Waals surface area contributed by atoms with E-state index < -0.39 is 0 Å². The summed E-state index contributed by atoms with van der Waals surface area (Å²) in [6.07, 6.45) is 7.21. The molecule has 2 N–H and O–H groups in total. The normalized spacial score (nSPS) is 14.9. The number of fused-ring (bicyclic) bond motifs is 3. The molecule has 2 amide bonds. The molecule has 1 fully saturated rings. The van der Waals surface area contributed by atoms with E-state index in [2.05, 4.69) is 10.6 Å². The van der Waals surface area contributed by atoms with Gasteiger partial charge in [-0.1, -0.05) is 12.1 Å². The van der Waals surface area contributed by atoms with Crippen LogP contribution in [-0.4, -0.2) is 37.6 Å². The van der Waals surface area contributed by atoms with E-state index in [9.17, 15) is 9.59 Å². The molecule has 0 atom stereocenters. The molecule has 7 nitrogen and oxygen atoms in total. The molecule has 2 aliphatic rings. The number of hydrogen-bond donors (Lipinski definition) is 2. The van der Waals surface area contributed by atoms with Crippen molar-refractivity contribution in [1.82, 2.24) is 10.6 Å². The maximum absolute atomic E-state index is 12.2. The van der Waals surface area contributed by atoms with Crippen LogP contribution in [0.5, 0.6) is 11.5 Å². The number of nitrogens with one attached hydrogen (secondary N) is 2. The Hall–Kier alpha value is -3.48. The van der Waals surface area contributed by atoms with Crippen LogP contribution in [0.15, 0.2) is 46.9 Å². The molecule has 1 heterocycles. The Morgan fingerprint density at radius 1 is 0.912 bits per heavy atom. The van der Waals surface area contributed by atoms with Crippen molar-refractivity contribution >= 4 is 22.8 Å². The van der Waals surface area contributed by atoms with Gasteiger partial charge in [0.1, 0.15) is 22.8 Å². The summed E-state index contributed by atoms with van der Waals surface area (Å²) < 4.78 is 17.2. The van der Waals surface area contributed by atoms with Gasteiger partial charge in [0.15, 0.2) is 13.2 Å². The van der Waals surface area contributed by atoms with E-state index in [1.165, 1.54) is 18.4 Å². The summed E-state index contributed by atoms with van der Waals surface area (Å²) in [7, 11) is 0. The van der Waals surface area contributed by atoms with Gasteiger partial charge in [0.05, 0.1) is 0 Å². The Bertz CT molecular complexity index is 1160. The Balaban J connectivity index is 1.03. The Morgan fingerprint density at radius 3 is 2.47 bits per heavy atom. The van der Waals surface area contributed by atoms with Crippen LogP contribution in [-0.2, 0) is 28.9 Å². The van der Waals surface area contributed by atoms with Crippen LogP contribution in [0.1, 0.15) is 42.6 Å². The van der Waals surface area contributed by atoms with E-state index in [0.717, 1.165) is 48.0 Å². The van der Waals surface area contributed by atoms with Gasteiger partial charge in [0, 0.05) is 30.0 Å². The van der Waals surface area contributed by atoms with Crippen molar-refractivity contribution in [3.63, 3.8) is 0 Å². The molecule has 5 rings (SSSR count). The highest BCUT2D eigenvalue weighted by atomic mass is 16.5. The van der Waals surface area contributed by atoms with E-state index in [1.54, 1.807) is 0 Å². The molecule has 0 spiro atoms. The highest BCUT2D eigenvalue weighted by Gasteiger charge is 2.23. The van der Waals surface area contributed by atoms with Gasteiger partial charge in [-0.25, -0.2) is 0 Å². The first-order chi connectivity index (χ1) is 16.6. The molecule has 0 aliphatic heterocycles. The molecule has 2 aliphatic carbocycles. The largest absolute Gasteiger partial charge is 0.484 e. The van der Waals surface area contributed by atoms with E-state index in [1.807, 2.05) is 42.5 Å². The van der Waals surface area contributed by atoms with Gasteiger partial charge in [-0.15, -0.1) is 0 Å². The third kappa shape index (κ3) is 5.71. The fourth-order valence-corrected chi connectivity index (χ4v) is 4.28. The van der Waals surface area contributed by atoms with Crippen LogP contribution in [0.2, 0.25) is 0 Å². The van der Waals surface area contributed by atoms with Crippen LogP contribution in [0.3, 0.4) is 0 Å². The number of benzene rings is 2. The predicted molar refractivity (Wildman–Crippen MR) is 128 cm³/mol. The van der Waals surface area contributed by atoms with Gasteiger partial charge >= 0.3 is 0 Å². The standard InChI is InChI=1S/C27H30N2O5/c30-26(16-33-21-11-12-25-23(15-21)22-3-1-2-4-24(22)34-25)28-14-13-18-5-9-20(10-6-18)32-17-27(31)29-19-7-8-19/h5-6,9-12,15,19H,1-4,7-8,13-14,16-17H2,(H,28,30)(H,29,31). The van der Waals surface area contributed by atoms with Gasteiger partial charge < -0.3 is 24.5 Å². The zero-order valence-corrected chi connectivity index (χ0v) is 19.2. The highest BCUT2D eigenvalue weighted by Crippen LogP contribution is 2.33. The Morgan fingerprint density at radius 2 is 1.65 bits per heavy atom. The molecule has 1 aromatic heterocycles. The highest BCUT2D eigenvalue weighted by molar-refractivity contribution is 5.84. The number of hydrogen-bond acceptors (Lipinski definition) is 5. The van der Waals surface area contributed by atoms with Gasteiger partial charge in [0.25, 0.3) is 11.8 Å². The van der Waals surface area contributed by atoms with Crippen molar-refractivity contribution in [2.45, 2.75) is 51.0 Å². The molecule has 0 unspecified atom stereocenters. The second-order valence-corrected chi connectivity index (χ2v) is 9.03. The maximum Gasteiger partial charge on any atom is 0.258 e. The third-order valence-electron chi connectivity index (χ3n) is 6.27. The van der Waals surface area contributed by atoms with Gasteiger partial charge in [0.2, 0.25) is 0 Å². The van der Waals surface area contributed by atoms with Crippen molar-refractivity contribution < 1.29 is 23.5 Å². The summed E-state index contributed by atoms with van der Waals surface area (Å²) in [4.78, 5) is 23.9. The van der Waals surface area contributed by atoms with Crippen molar-refractivity contribution in [2.24, 2.45) is 0 Å². The Labute approximate surface area is 198 Å². The summed E-state index contributed by atoms with van der Waals surface area (Å²) in [6.45, 7) is 0.517. The smallest absolute Gasteiger partial charge is 0.258 e. The molecular weight excluding hydrogens is 432 g/mol. The maximum atomic E-state index is 12.2. The van der Waals surface area contributed by atoms with Crippen molar-refractivity contribution in [3.8, 4) is 11.5 Å². The monoisotopic (exact) mass is 462 g/mol. The first kappa shape index (κ1) is 22.3. The number of furan rings is 1. The van der Waals surface area contributed by atoms with E-state index in [0.29, 0.717) is 30.5 Å². The van der Waals surface area contributed by atoms with Gasteiger partial charge in [-0.3, -0.25) is 9.59 Å². The average Bonchev–Trinajstić information content (AvgIpc) is 3.59. The third-order valence-corrected chi connectivity index (χ3v) is 6.27. The number of carbonyl (C=O) groups excluding carboxylic acids is 2. The van der Waals surface area contributed by atoms with Crippen LogP contribution < -0.4 is 20.1 Å². The quantitative estimate of drug-likeness (QED) is 0.480. The molecular formula is C27H30N2O5. The summed E-state index contributed by atoms with van der Waals surface area (Å²) in [5.74, 6) is 2.19. The molecule has 34 heavy (non-hydrogen) atoms. The molecule has 1 saturated carbocycles. The van der Waals surface area contributed by atoms with Crippen molar-refractivity contribution in [2.75, 3.05) is 19.8 Å². The second-order valence-electron chi connectivity index (χ2n) is 9.03. The minimum absolute atomic E-state index is 0.0265. The molecule has 2 aromatic carbocycles. The van der Waals surface area contributed by atoms with E-state index >= 15 is 0 Å². The van der Waals surface area contributed by atoms with Crippen molar-refractivity contribution in [3.05, 3.63) is 59.4 Å². The van der Waals surface area contributed by atoms with Crippen molar-refractivity contribution in [1.29, 1.82) is 0 Å². The summed E-state index contributed by atoms with van der Waals surface area (Å²) >= 11 is 0. The number of aryl methyl sites for hydroxylation is 2. The number of carbonyl (C=O) groups is 2. The summed E-state index contributed by atoms with van der Waals surface area (Å²) in [5.41, 5.74) is 3.25. The minimum Gasteiger partial charge on any atom is -0.484 e. The SMILES string of the molecule is O=C(COc1ccc2oc3c(c2c1)CCCC3)NCCc1ccc(OCC(=O)NC2CC2)cc1. The molecule has 3 aromatic rings. The fourth-order valence-electron chi connectivity index (χ4n) is 4.28. The van der Waals surface area contributed by atoms with Crippen LogP contribution in [0.4, 0.5) is 0 Å². The van der Waals surface area contributed by atoms with Crippen LogP contribution >= 0.6 is 0 Å². The zero-order chi connectivity index (χ0) is 23.3. The Kier molecular flexibility index (Phi) is 6.70. The number of ether oxygens (including phenoxy) is 2. The molecule has 7 heteroatoms. The average molecular weight is 463 g/mol. The zero-order valence-electron chi connectivity index (χ0n) is 19.2. The number of amides is 2.